The Balaban J connectivity index is 2.27. The van der Waals surface area contributed by atoms with Gasteiger partial charge >= 0.3 is 6.18 Å². The van der Waals surface area contributed by atoms with Gasteiger partial charge in [0.1, 0.15) is 0 Å². The van der Waals surface area contributed by atoms with E-state index < -0.39 is 17.7 Å². The Labute approximate surface area is 155 Å². The van der Waals surface area contributed by atoms with Gasteiger partial charge in [0.15, 0.2) is 11.5 Å². The lowest BCUT2D eigenvalue weighted by atomic mass is 10.1. The van der Waals surface area contributed by atoms with E-state index in [0.29, 0.717) is 36.5 Å². The summed E-state index contributed by atoms with van der Waals surface area (Å²) >= 11 is 0. The first-order valence-electron chi connectivity index (χ1n) is 8.40. The van der Waals surface area contributed by atoms with Crippen LogP contribution in [0.4, 0.5) is 18.9 Å². The van der Waals surface area contributed by atoms with Crippen molar-refractivity contribution in [1.29, 1.82) is 0 Å². The minimum absolute atomic E-state index is 0.0816. The van der Waals surface area contributed by atoms with E-state index in [4.69, 9.17) is 9.47 Å². The largest absolute Gasteiger partial charge is 0.490 e. The molecule has 2 rings (SSSR count). The summed E-state index contributed by atoms with van der Waals surface area (Å²) in [5.41, 5.74) is -0.795. The van der Waals surface area contributed by atoms with Gasteiger partial charge < -0.3 is 14.8 Å². The molecule has 0 bridgehead atoms. The van der Waals surface area contributed by atoms with Gasteiger partial charge in [0.05, 0.1) is 18.8 Å². The van der Waals surface area contributed by atoms with Crippen molar-refractivity contribution < 1.29 is 27.4 Å². The van der Waals surface area contributed by atoms with Gasteiger partial charge in [0.25, 0.3) is 0 Å². The summed E-state index contributed by atoms with van der Waals surface area (Å²) in [5.74, 6) is 0.00572. The van der Waals surface area contributed by atoms with E-state index in [2.05, 4.69) is 5.32 Å². The second-order valence-corrected chi connectivity index (χ2v) is 5.44. The maximum atomic E-state index is 13.3. The minimum Gasteiger partial charge on any atom is -0.490 e. The average Bonchev–Trinajstić information content (AvgIpc) is 2.62. The summed E-state index contributed by atoms with van der Waals surface area (Å²) in [4.78, 5) is 12.2. The summed E-state index contributed by atoms with van der Waals surface area (Å²) in [6.07, 6.45) is -4.11. The van der Waals surface area contributed by atoms with Crippen LogP contribution in [-0.4, -0.2) is 25.3 Å². The van der Waals surface area contributed by atoms with Gasteiger partial charge in [-0.2, -0.15) is 13.2 Å². The van der Waals surface area contributed by atoms with E-state index in [1.807, 2.05) is 6.92 Å². The Morgan fingerprint density at radius 3 is 2.22 bits per heavy atom. The van der Waals surface area contributed by atoms with Crippen molar-refractivity contribution in [3.8, 4) is 11.5 Å². The molecular formula is C20H20F3NO3. The number of hydrogen-bond acceptors (Lipinski definition) is 3. The zero-order chi connectivity index (χ0) is 19.9. The molecule has 1 amide bonds. The molecule has 0 aliphatic carbocycles. The maximum absolute atomic E-state index is 13.3. The zero-order valence-electron chi connectivity index (χ0n) is 15.0. The Morgan fingerprint density at radius 2 is 1.63 bits per heavy atom. The number of hydrogen-bond donors (Lipinski definition) is 1. The molecule has 0 aromatic heterocycles. The Kier molecular flexibility index (Phi) is 6.87. The lowest BCUT2D eigenvalue weighted by Gasteiger charge is -2.14. The van der Waals surface area contributed by atoms with Crippen molar-refractivity contribution in [2.45, 2.75) is 20.0 Å². The first-order valence-corrected chi connectivity index (χ1v) is 8.40. The average molecular weight is 379 g/mol. The monoisotopic (exact) mass is 379 g/mol. The molecule has 0 unspecified atom stereocenters. The van der Waals surface area contributed by atoms with Gasteiger partial charge in [0, 0.05) is 17.8 Å². The van der Waals surface area contributed by atoms with Crippen LogP contribution in [0.1, 0.15) is 19.4 Å². The SMILES string of the molecule is CCOc1ccc(NC(=O)/C=C(/c2ccccc2)C(F)(F)F)cc1OCC. The molecule has 2 aromatic rings. The number of benzene rings is 2. The van der Waals surface area contributed by atoms with E-state index in [0.717, 1.165) is 0 Å². The minimum atomic E-state index is -4.66. The van der Waals surface area contributed by atoms with Crippen LogP contribution in [0.15, 0.2) is 54.6 Å². The first kappa shape index (κ1) is 20.4. The van der Waals surface area contributed by atoms with E-state index in [9.17, 15) is 18.0 Å². The second kappa shape index (κ2) is 9.12. The number of anilines is 1. The first-order chi connectivity index (χ1) is 12.8. The summed E-state index contributed by atoms with van der Waals surface area (Å²) in [5, 5.41) is 2.43. The molecule has 0 aliphatic rings. The molecule has 1 N–H and O–H groups in total. The van der Waals surface area contributed by atoms with Gasteiger partial charge in [-0.1, -0.05) is 30.3 Å². The molecule has 27 heavy (non-hydrogen) atoms. The number of carbonyl (C=O) groups excluding carboxylic acids is 1. The molecule has 0 spiro atoms. The van der Waals surface area contributed by atoms with Gasteiger partial charge in [-0.15, -0.1) is 0 Å². The van der Waals surface area contributed by atoms with Crippen molar-refractivity contribution in [2.75, 3.05) is 18.5 Å². The van der Waals surface area contributed by atoms with Crippen LogP contribution in [0, 0.1) is 0 Å². The van der Waals surface area contributed by atoms with Crippen molar-refractivity contribution in [1.82, 2.24) is 0 Å². The van der Waals surface area contributed by atoms with Gasteiger partial charge in [-0.05, 0) is 31.5 Å². The number of carbonyl (C=O) groups is 1. The maximum Gasteiger partial charge on any atom is 0.417 e. The Bertz CT molecular complexity index is 802. The smallest absolute Gasteiger partial charge is 0.417 e. The molecule has 0 fully saturated rings. The fraction of sp³-hybridized carbons (Fsp3) is 0.250. The predicted molar refractivity (Wildman–Crippen MR) is 97.9 cm³/mol. The van der Waals surface area contributed by atoms with Crippen LogP contribution in [-0.2, 0) is 4.79 Å². The highest BCUT2D eigenvalue weighted by atomic mass is 19.4. The number of rotatable bonds is 7. The van der Waals surface area contributed by atoms with Crippen molar-refractivity contribution in [3.63, 3.8) is 0 Å². The van der Waals surface area contributed by atoms with E-state index >= 15 is 0 Å². The number of ether oxygens (including phenoxy) is 2. The van der Waals surface area contributed by atoms with Crippen LogP contribution in [0.5, 0.6) is 11.5 Å². The molecule has 0 saturated heterocycles. The summed E-state index contributed by atoms with van der Waals surface area (Å²) in [7, 11) is 0. The Hall–Kier alpha value is -2.96. The molecule has 4 nitrogen and oxygen atoms in total. The third kappa shape index (κ3) is 5.77. The Morgan fingerprint density at radius 1 is 1.00 bits per heavy atom. The van der Waals surface area contributed by atoms with Crippen LogP contribution >= 0.6 is 0 Å². The molecular weight excluding hydrogens is 359 g/mol. The molecule has 144 valence electrons. The van der Waals surface area contributed by atoms with Gasteiger partial charge in [0.2, 0.25) is 5.91 Å². The highest BCUT2D eigenvalue weighted by Crippen LogP contribution is 2.34. The highest BCUT2D eigenvalue weighted by molar-refractivity contribution is 6.04. The molecule has 7 heteroatoms. The summed E-state index contributed by atoms with van der Waals surface area (Å²) in [6, 6.07) is 11.8. The van der Waals surface area contributed by atoms with Gasteiger partial charge in [-0.25, -0.2) is 0 Å². The quantitative estimate of drug-likeness (QED) is 0.684. The van der Waals surface area contributed by atoms with Gasteiger partial charge in [-0.3, -0.25) is 4.79 Å². The number of allylic oxidation sites excluding steroid dienone is 1. The number of halogens is 3. The van der Waals surface area contributed by atoms with Crippen LogP contribution in [0.3, 0.4) is 0 Å². The molecule has 0 aliphatic heterocycles. The third-order valence-corrected chi connectivity index (χ3v) is 3.48. The lowest BCUT2D eigenvalue weighted by molar-refractivity contribution is -0.112. The van der Waals surface area contributed by atoms with Crippen molar-refractivity contribution >= 4 is 17.2 Å². The van der Waals surface area contributed by atoms with E-state index in [1.54, 1.807) is 19.1 Å². The number of nitrogens with one attached hydrogen (secondary N) is 1. The van der Waals surface area contributed by atoms with Crippen LogP contribution < -0.4 is 14.8 Å². The van der Waals surface area contributed by atoms with E-state index in [1.165, 1.54) is 36.4 Å². The van der Waals surface area contributed by atoms with E-state index in [-0.39, 0.29) is 5.56 Å². The predicted octanol–water partition coefficient (Wildman–Crippen LogP) is 5.07. The summed E-state index contributed by atoms with van der Waals surface area (Å²) < 4.78 is 50.8. The topological polar surface area (TPSA) is 47.6 Å². The molecule has 0 radical (unpaired) electrons. The number of amides is 1. The molecule has 0 atom stereocenters. The molecule has 0 heterocycles. The fourth-order valence-corrected chi connectivity index (χ4v) is 2.38. The normalized spacial score (nSPS) is 11.8. The zero-order valence-corrected chi connectivity index (χ0v) is 15.0. The van der Waals surface area contributed by atoms with Crippen LogP contribution in [0.2, 0.25) is 0 Å². The highest BCUT2D eigenvalue weighted by Gasteiger charge is 2.35. The second-order valence-electron chi connectivity index (χ2n) is 5.44. The fourth-order valence-electron chi connectivity index (χ4n) is 2.38. The van der Waals surface area contributed by atoms with Crippen molar-refractivity contribution in [2.24, 2.45) is 0 Å². The molecule has 0 saturated carbocycles. The third-order valence-electron chi connectivity index (χ3n) is 3.48. The molecule has 2 aromatic carbocycles. The summed E-state index contributed by atoms with van der Waals surface area (Å²) in [6.45, 7) is 4.42. The van der Waals surface area contributed by atoms with Crippen molar-refractivity contribution in [3.05, 3.63) is 60.2 Å². The number of alkyl halides is 3. The standard InChI is InChI=1S/C20H20F3NO3/c1-3-26-17-11-10-15(12-18(17)27-4-2)24-19(25)13-16(20(21,22)23)14-8-6-5-7-9-14/h5-13H,3-4H2,1-2H3,(H,24,25)/b16-13-. The lowest BCUT2D eigenvalue weighted by Crippen LogP contribution is -2.16. The van der Waals surface area contributed by atoms with Crippen LogP contribution in [0.25, 0.3) is 5.57 Å².